The number of rotatable bonds is 14. The summed E-state index contributed by atoms with van der Waals surface area (Å²) in [5, 5.41) is 0.115. The van der Waals surface area contributed by atoms with Gasteiger partial charge in [0.15, 0.2) is 8.32 Å². The standard InChI is InChI=1S/C30H52O5Si/c1-13-21(3)28(35-36(11,12)30(7,8)9)24(6)27(22(4)19-23(5)29(31)33-14-2)34-20-25-15-17-26(32-10)18-16-25/h15-19,21-22,24,27-28H,13-14,20H2,1-12H3/b23-19+/t21-,22+,24+,27+,28+/m0/s1. The van der Waals surface area contributed by atoms with Crippen molar-refractivity contribution in [2.45, 2.75) is 106 Å². The molecule has 0 saturated heterocycles. The van der Waals surface area contributed by atoms with E-state index in [2.05, 4.69) is 61.6 Å². The molecule has 0 heterocycles. The second-order valence-corrected chi connectivity index (χ2v) is 16.4. The number of carbonyl (C=O) groups excluding carboxylic acids is 1. The molecular formula is C30H52O5Si. The quantitative estimate of drug-likeness (QED) is 0.142. The normalized spacial score (nSPS) is 17.2. The van der Waals surface area contributed by atoms with Gasteiger partial charge in [0, 0.05) is 17.4 Å². The van der Waals surface area contributed by atoms with Crippen LogP contribution in [0.15, 0.2) is 35.9 Å². The first-order valence-corrected chi connectivity index (χ1v) is 16.4. The molecule has 0 aliphatic heterocycles. The molecule has 1 rings (SSSR count). The van der Waals surface area contributed by atoms with Crippen LogP contribution in [0, 0.1) is 17.8 Å². The maximum absolute atomic E-state index is 12.3. The van der Waals surface area contributed by atoms with E-state index in [0.717, 1.165) is 17.7 Å². The van der Waals surface area contributed by atoms with Gasteiger partial charge < -0.3 is 18.6 Å². The van der Waals surface area contributed by atoms with Crippen LogP contribution in [0.3, 0.4) is 0 Å². The lowest BCUT2D eigenvalue weighted by Gasteiger charge is -2.45. The van der Waals surface area contributed by atoms with Crippen molar-refractivity contribution in [2.75, 3.05) is 13.7 Å². The van der Waals surface area contributed by atoms with Crippen LogP contribution in [-0.4, -0.2) is 40.2 Å². The van der Waals surface area contributed by atoms with Gasteiger partial charge in [-0.1, -0.05) is 73.1 Å². The number of benzene rings is 1. The maximum atomic E-state index is 12.3. The largest absolute Gasteiger partial charge is 0.497 e. The summed E-state index contributed by atoms with van der Waals surface area (Å²) < 4.78 is 24.2. The lowest BCUT2D eigenvalue weighted by Crippen LogP contribution is -2.50. The summed E-state index contributed by atoms with van der Waals surface area (Å²) in [5.74, 6) is 1.04. The number of methoxy groups -OCH3 is 1. The van der Waals surface area contributed by atoms with E-state index in [4.69, 9.17) is 18.6 Å². The number of carbonyl (C=O) groups is 1. The van der Waals surface area contributed by atoms with Crippen LogP contribution in [0.5, 0.6) is 5.75 Å². The summed E-state index contributed by atoms with van der Waals surface area (Å²) >= 11 is 0. The highest BCUT2D eigenvalue weighted by Crippen LogP contribution is 2.40. The Morgan fingerprint density at radius 1 is 1.03 bits per heavy atom. The second kappa shape index (κ2) is 14.3. The molecule has 0 saturated carbocycles. The number of esters is 1. The molecule has 0 amide bonds. The van der Waals surface area contributed by atoms with E-state index in [1.807, 2.05) is 44.2 Å². The van der Waals surface area contributed by atoms with Crippen molar-refractivity contribution in [1.82, 2.24) is 0 Å². The van der Waals surface area contributed by atoms with Crippen molar-refractivity contribution < 1.29 is 23.4 Å². The lowest BCUT2D eigenvalue weighted by atomic mass is 9.82. The van der Waals surface area contributed by atoms with E-state index in [0.29, 0.717) is 24.7 Å². The minimum Gasteiger partial charge on any atom is -0.497 e. The molecule has 0 bridgehead atoms. The molecule has 5 nitrogen and oxygen atoms in total. The monoisotopic (exact) mass is 520 g/mol. The van der Waals surface area contributed by atoms with E-state index < -0.39 is 8.32 Å². The number of hydrogen-bond donors (Lipinski definition) is 0. The Morgan fingerprint density at radius 2 is 1.61 bits per heavy atom. The van der Waals surface area contributed by atoms with Crippen LogP contribution in [0.1, 0.15) is 74.3 Å². The van der Waals surface area contributed by atoms with Crippen LogP contribution in [0.2, 0.25) is 18.1 Å². The van der Waals surface area contributed by atoms with Crippen molar-refractivity contribution >= 4 is 14.3 Å². The third-order valence-corrected chi connectivity index (χ3v) is 12.2. The van der Waals surface area contributed by atoms with Crippen LogP contribution < -0.4 is 4.74 Å². The van der Waals surface area contributed by atoms with Gasteiger partial charge in [0.25, 0.3) is 0 Å². The van der Waals surface area contributed by atoms with E-state index >= 15 is 0 Å². The predicted octanol–water partition coefficient (Wildman–Crippen LogP) is 7.80. The molecule has 6 heteroatoms. The van der Waals surface area contributed by atoms with E-state index in [1.165, 1.54) is 0 Å². The molecule has 0 unspecified atom stereocenters. The Morgan fingerprint density at radius 3 is 2.08 bits per heavy atom. The highest BCUT2D eigenvalue weighted by Gasteiger charge is 2.43. The molecule has 36 heavy (non-hydrogen) atoms. The second-order valence-electron chi connectivity index (χ2n) is 11.6. The van der Waals surface area contributed by atoms with E-state index in [1.54, 1.807) is 7.11 Å². The summed E-state index contributed by atoms with van der Waals surface area (Å²) in [4.78, 5) is 12.3. The smallest absolute Gasteiger partial charge is 0.333 e. The Bertz CT molecular complexity index is 825. The molecule has 1 aromatic carbocycles. The van der Waals surface area contributed by atoms with Gasteiger partial charge in [-0.25, -0.2) is 4.79 Å². The zero-order chi connectivity index (χ0) is 27.7. The molecule has 0 radical (unpaired) electrons. The summed E-state index contributed by atoms with van der Waals surface area (Å²) in [6, 6.07) is 7.97. The summed E-state index contributed by atoms with van der Waals surface area (Å²) in [5.41, 5.74) is 1.69. The molecule has 1 aromatic rings. The highest BCUT2D eigenvalue weighted by molar-refractivity contribution is 6.74. The lowest BCUT2D eigenvalue weighted by molar-refractivity contribution is -0.138. The van der Waals surface area contributed by atoms with Gasteiger partial charge in [-0.05, 0) is 55.6 Å². The van der Waals surface area contributed by atoms with Gasteiger partial charge in [0.1, 0.15) is 5.75 Å². The first-order valence-electron chi connectivity index (χ1n) is 13.5. The first kappa shape index (κ1) is 32.4. The Hall–Kier alpha value is -1.63. The molecule has 0 aromatic heterocycles. The minimum absolute atomic E-state index is 0.00257. The van der Waals surface area contributed by atoms with Crippen molar-refractivity contribution in [3.05, 3.63) is 41.5 Å². The van der Waals surface area contributed by atoms with Crippen LogP contribution >= 0.6 is 0 Å². The molecule has 0 fully saturated rings. The molecule has 206 valence electrons. The molecular weight excluding hydrogens is 468 g/mol. The van der Waals surface area contributed by atoms with Gasteiger partial charge >= 0.3 is 5.97 Å². The van der Waals surface area contributed by atoms with Gasteiger partial charge in [0.2, 0.25) is 0 Å². The van der Waals surface area contributed by atoms with Gasteiger partial charge in [-0.15, -0.1) is 0 Å². The van der Waals surface area contributed by atoms with Crippen LogP contribution in [0.25, 0.3) is 0 Å². The van der Waals surface area contributed by atoms with E-state index in [-0.39, 0.29) is 35.1 Å². The van der Waals surface area contributed by atoms with Crippen molar-refractivity contribution in [3.8, 4) is 5.75 Å². The van der Waals surface area contributed by atoms with Gasteiger partial charge in [0.05, 0.1) is 32.5 Å². The average Bonchev–Trinajstić information content (AvgIpc) is 2.81. The third-order valence-electron chi connectivity index (χ3n) is 7.71. The molecule has 0 aliphatic rings. The minimum atomic E-state index is -2.01. The van der Waals surface area contributed by atoms with Crippen LogP contribution in [0.4, 0.5) is 0 Å². The van der Waals surface area contributed by atoms with Crippen molar-refractivity contribution in [3.63, 3.8) is 0 Å². The molecule has 0 spiro atoms. The van der Waals surface area contributed by atoms with Crippen molar-refractivity contribution in [2.24, 2.45) is 17.8 Å². The SMILES string of the molecule is CCOC(=O)/C(C)=C/[C@@H](C)[C@@H](OCc1ccc(OC)cc1)[C@@H](C)[C@H](O[Si](C)(C)C(C)(C)C)[C@@H](C)CC. The Balaban J connectivity index is 3.33. The fraction of sp³-hybridized carbons (Fsp3) is 0.700. The Labute approximate surface area is 222 Å². The Kier molecular flexibility index (Phi) is 12.9. The summed E-state index contributed by atoms with van der Waals surface area (Å²) in [6.45, 7) is 24.8. The molecule has 0 aliphatic carbocycles. The zero-order valence-electron chi connectivity index (χ0n) is 24.9. The maximum Gasteiger partial charge on any atom is 0.333 e. The predicted molar refractivity (Wildman–Crippen MR) is 152 cm³/mol. The highest BCUT2D eigenvalue weighted by atomic mass is 28.4. The summed E-state index contributed by atoms with van der Waals surface area (Å²) in [7, 11) is -0.340. The van der Waals surface area contributed by atoms with Gasteiger partial charge in [-0.3, -0.25) is 0 Å². The van der Waals surface area contributed by atoms with Crippen LogP contribution in [-0.2, 0) is 25.3 Å². The zero-order valence-corrected chi connectivity index (χ0v) is 25.9. The average molecular weight is 521 g/mol. The van der Waals surface area contributed by atoms with E-state index in [9.17, 15) is 4.79 Å². The fourth-order valence-corrected chi connectivity index (χ4v) is 5.66. The summed E-state index contributed by atoms with van der Waals surface area (Å²) in [6.07, 6.45) is 2.93. The fourth-order valence-electron chi connectivity index (χ4n) is 4.18. The third kappa shape index (κ3) is 9.35. The number of ether oxygens (including phenoxy) is 3. The number of hydrogen-bond acceptors (Lipinski definition) is 5. The first-order chi connectivity index (χ1) is 16.7. The molecule has 5 atom stereocenters. The van der Waals surface area contributed by atoms with Crippen molar-refractivity contribution in [1.29, 1.82) is 0 Å². The topological polar surface area (TPSA) is 54.0 Å². The molecule has 0 N–H and O–H groups in total. The van der Waals surface area contributed by atoms with Gasteiger partial charge in [-0.2, -0.15) is 0 Å².